The second kappa shape index (κ2) is 9.00. The third-order valence-electron chi connectivity index (χ3n) is 3.23. The number of carbonyl (C=O) groups is 1. The SMILES string of the molecule is COc1ccccc1CCNC(=O)N/C=C/c1ccc(Br)cc1. The molecule has 2 rings (SSSR count). The van der Waals surface area contributed by atoms with Crippen molar-refractivity contribution < 1.29 is 9.53 Å². The average molecular weight is 375 g/mol. The first-order chi connectivity index (χ1) is 11.2. The van der Waals surface area contributed by atoms with Crippen LogP contribution in [-0.4, -0.2) is 19.7 Å². The molecule has 0 aliphatic heterocycles. The Kier molecular flexibility index (Phi) is 6.69. The van der Waals surface area contributed by atoms with Crippen LogP contribution < -0.4 is 15.4 Å². The summed E-state index contributed by atoms with van der Waals surface area (Å²) in [4.78, 5) is 11.7. The van der Waals surface area contributed by atoms with Crippen LogP contribution in [0, 0.1) is 0 Å². The summed E-state index contributed by atoms with van der Waals surface area (Å²) in [5, 5.41) is 5.50. The van der Waals surface area contributed by atoms with Gasteiger partial charge in [-0.05, 0) is 41.8 Å². The molecule has 0 radical (unpaired) electrons. The molecule has 0 aliphatic carbocycles. The molecular weight excluding hydrogens is 356 g/mol. The molecule has 5 heteroatoms. The van der Waals surface area contributed by atoms with Crippen molar-refractivity contribution in [1.82, 2.24) is 10.6 Å². The number of urea groups is 1. The minimum Gasteiger partial charge on any atom is -0.496 e. The lowest BCUT2D eigenvalue weighted by Gasteiger charge is -2.08. The number of hydrogen-bond acceptors (Lipinski definition) is 2. The highest BCUT2D eigenvalue weighted by molar-refractivity contribution is 9.10. The Bertz CT molecular complexity index is 669. The Hall–Kier alpha value is -2.27. The summed E-state index contributed by atoms with van der Waals surface area (Å²) in [6.45, 7) is 0.540. The van der Waals surface area contributed by atoms with Gasteiger partial charge in [-0.15, -0.1) is 0 Å². The lowest BCUT2D eigenvalue weighted by Crippen LogP contribution is -2.33. The quantitative estimate of drug-likeness (QED) is 0.803. The second-order valence-corrected chi connectivity index (χ2v) is 5.76. The summed E-state index contributed by atoms with van der Waals surface area (Å²) < 4.78 is 6.31. The van der Waals surface area contributed by atoms with Crippen LogP contribution in [0.3, 0.4) is 0 Å². The van der Waals surface area contributed by atoms with Gasteiger partial charge >= 0.3 is 6.03 Å². The largest absolute Gasteiger partial charge is 0.496 e. The highest BCUT2D eigenvalue weighted by Crippen LogP contribution is 2.17. The summed E-state index contributed by atoms with van der Waals surface area (Å²) in [6, 6.07) is 15.4. The van der Waals surface area contributed by atoms with Crippen LogP contribution in [0.25, 0.3) is 6.08 Å². The lowest BCUT2D eigenvalue weighted by molar-refractivity contribution is 0.244. The van der Waals surface area contributed by atoms with Crippen molar-refractivity contribution >= 4 is 28.0 Å². The number of carbonyl (C=O) groups excluding carboxylic acids is 1. The smallest absolute Gasteiger partial charge is 0.318 e. The molecule has 0 saturated carbocycles. The van der Waals surface area contributed by atoms with Crippen LogP contribution >= 0.6 is 15.9 Å². The zero-order valence-corrected chi connectivity index (χ0v) is 14.5. The van der Waals surface area contributed by atoms with Crippen LogP contribution in [-0.2, 0) is 6.42 Å². The highest BCUT2D eigenvalue weighted by Gasteiger charge is 2.02. The number of nitrogens with one attached hydrogen (secondary N) is 2. The normalized spacial score (nSPS) is 10.5. The van der Waals surface area contributed by atoms with E-state index in [9.17, 15) is 4.79 Å². The summed E-state index contributed by atoms with van der Waals surface area (Å²) in [5.74, 6) is 0.838. The first-order valence-corrected chi connectivity index (χ1v) is 8.06. The van der Waals surface area contributed by atoms with Gasteiger partial charge in [0.2, 0.25) is 0 Å². The maximum absolute atomic E-state index is 11.7. The number of para-hydroxylation sites is 1. The molecular formula is C18H19BrN2O2. The van der Waals surface area contributed by atoms with Crippen LogP contribution in [0.5, 0.6) is 5.75 Å². The van der Waals surface area contributed by atoms with Gasteiger partial charge in [0.25, 0.3) is 0 Å². The maximum Gasteiger partial charge on any atom is 0.318 e. The molecule has 0 heterocycles. The van der Waals surface area contributed by atoms with Gasteiger partial charge in [-0.1, -0.05) is 46.3 Å². The maximum atomic E-state index is 11.7. The number of hydrogen-bond donors (Lipinski definition) is 2. The molecule has 120 valence electrons. The van der Waals surface area contributed by atoms with E-state index in [2.05, 4.69) is 26.6 Å². The van der Waals surface area contributed by atoms with Crippen molar-refractivity contribution in [2.45, 2.75) is 6.42 Å². The summed E-state index contributed by atoms with van der Waals surface area (Å²) in [7, 11) is 1.64. The second-order valence-electron chi connectivity index (χ2n) is 4.85. The van der Waals surface area contributed by atoms with Gasteiger partial charge in [-0.25, -0.2) is 4.79 Å². The van der Waals surface area contributed by atoms with E-state index in [-0.39, 0.29) is 6.03 Å². The zero-order chi connectivity index (χ0) is 16.5. The third-order valence-corrected chi connectivity index (χ3v) is 3.76. The van der Waals surface area contributed by atoms with E-state index in [1.165, 1.54) is 0 Å². The third kappa shape index (κ3) is 5.79. The molecule has 2 N–H and O–H groups in total. The van der Waals surface area contributed by atoms with E-state index in [0.717, 1.165) is 21.3 Å². The van der Waals surface area contributed by atoms with Crippen molar-refractivity contribution in [2.24, 2.45) is 0 Å². The van der Waals surface area contributed by atoms with Gasteiger partial charge in [-0.2, -0.15) is 0 Å². The minimum atomic E-state index is -0.228. The molecule has 0 spiro atoms. The predicted molar refractivity (Wildman–Crippen MR) is 96.4 cm³/mol. The van der Waals surface area contributed by atoms with Gasteiger partial charge in [0.1, 0.15) is 5.75 Å². The van der Waals surface area contributed by atoms with Gasteiger partial charge in [-0.3, -0.25) is 0 Å². The van der Waals surface area contributed by atoms with Crippen molar-refractivity contribution in [2.75, 3.05) is 13.7 Å². The predicted octanol–water partition coefficient (Wildman–Crippen LogP) is 3.97. The standard InChI is InChI=1S/C18H19BrN2O2/c1-23-17-5-3-2-4-15(17)11-13-21-18(22)20-12-10-14-6-8-16(19)9-7-14/h2-10,12H,11,13H2,1H3,(H2,20,21,22)/b12-10+. The van der Waals surface area contributed by atoms with E-state index < -0.39 is 0 Å². The monoisotopic (exact) mass is 374 g/mol. The molecule has 0 unspecified atom stereocenters. The summed E-state index contributed by atoms with van der Waals surface area (Å²) in [5.41, 5.74) is 2.09. The number of halogens is 1. The molecule has 2 aromatic carbocycles. The summed E-state index contributed by atoms with van der Waals surface area (Å²) in [6.07, 6.45) is 4.18. The fourth-order valence-electron chi connectivity index (χ4n) is 2.06. The average Bonchev–Trinajstić information content (AvgIpc) is 2.57. The van der Waals surface area contributed by atoms with Crippen molar-refractivity contribution in [3.63, 3.8) is 0 Å². The van der Waals surface area contributed by atoms with E-state index >= 15 is 0 Å². The van der Waals surface area contributed by atoms with Crippen LogP contribution in [0.1, 0.15) is 11.1 Å². The first kappa shape index (κ1) is 17.1. The fourth-order valence-corrected chi connectivity index (χ4v) is 2.32. The number of methoxy groups -OCH3 is 1. The Balaban J connectivity index is 1.74. The molecule has 0 atom stereocenters. The highest BCUT2D eigenvalue weighted by atomic mass is 79.9. The molecule has 23 heavy (non-hydrogen) atoms. The number of rotatable bonds is 6. The fraction of sp³-hybridized carbons (Fsp3) is 0.167. The van der Waals surface area contributed by atoms with Gasteiger partial charge in [0, 0.05) is 17.2 Å². The molecule has 2 aromatic rings. The van der Waals surface area contributed by atoms with Crippen molar-refractivity contribution in [3.05, 3.63) is 70.3 Å². The van der Waals surface area contributed by atoms with Gasteiger partial charge < -0.3 is 15.4 Å². The molecule has 2 amide bonds. The molecule has 0 fully saturated rings. The topological polar surface area (TPSA) is 50.4 Å². The zero-order valence-electron chi connectivity index (χ0n) is 12.9. The van der Waals surface area contributed by atoms with Gasteiger partial charge in [0.05, 0.1) is 7.11 Å². The Morgan fingerprint density at radius 3 is 2.65 bits per heavy atom. The van der Waals surface area contributed by atoms with Crippen LogP contribution in [0.15, 0.2) is 59.2 Å². The Morgan fingerprint density at radius 2 is 1.91 bits per heavy atom. The van der Waals surface area contributed by atoms with Crippen molar-refractivity contribution in [1.29, 1.82) is 0 Å². The number of benzene rings is 2. The molecule has 0 bridgehead atoms. The summed E-state index contributed by atoms with van der Waals surface area (Å²) >= 11 is 3.38. The number of amides is 2. The van der Waals surface area contributed by atoms with E-state index in [0.29, 0.717) is 13.0 Å². The van der Waals surface area contributed by atoms with E-state index in [1.807, 2.05) is 54.6 Å². The lowest BCUT2D eigenvalue weighted by atomic mass is 10.1. The molecule has 4 nitrogen and oxygen atoms in total. The molecule has 0 aliphatic rings. The minimum absolute atomic E-state index is 0.228. The first-order valence-electron chi connectivity index (χ1n) is 7.27. The van der Waals surface area contributed by atoms with Crippen LogP contribution in [0.4, 0.5) is 4.79 Å². The van der Waals surface area contributed by atoms with Crippen molar-refractivity contribution in [3.8, 4) is 5.75 Å². The Morgan fingerprint density at radius 1 is 1.17 bits per heavy atom. The van der Waals surface area contributed by atoms with Crippen LogP contribution in [0.2, 0.25) is 0 Å². The Labute approximate surface area is 144 Å². The number of ether oxygens (including phenoxy) is 1. The molecule has 0 aromatic heterocycles. The van der Waals surface area contributed by atoms with Gasteiger partial charge in [0.15, 0.2) is 0 Å². The van der Waals surface area contributed by atoms with E-state index in [4.69, 9.17) is 4.74 Å². The molecule has 0 saturated heterocycles. The van der Waals surface area contributed by atoms with E-state index in [1.54, 1.807) is 13.3 Å².